The fraction of sp³-hybridized carbons (Fsp3) is 0.400. The van der Waals surface area contributed by atoms with Crippen LogP contribution in [-0.4, -0.2) is 40.7 Å². The first-order valence-corrected chi connectivity index (χ1v) is 6.58. The number of hydrogen-bond donors (Lipinski definition) is 2. The number of pyridine rings is 1. The fourth-order valence-electron chi connectivity index (χ4n) is 1.07. The van der Waals surface area contributed by atoms with Gasteiger partial charge in [-0.05, 0) is 12.1 Å². The molecule has 1 amide bonds. The number of hydrogen-bond acceptors (Lipinski definition) is 4. The van der Waals surface area contributed by atoms with Crippen LogP contribution in [-0.2, 0) is 10.8 Å². The molecule has 0 fully saturated rings. The van der Waals surface area contributed by atoms with E-state index in [9.17, 15) is 9.00 Å². The second-order valence-corrected chi connectivity index (χ2v) is 4.77. The van der Waals surface area contributed by atoms with Gasteiger partial charge in [-0.1, -0.05) is 0 Å². The number of carbonyl (C=O) groups is 1. The van der Waals surface area contributed by atoms with Gasteiger partial charge in [0.2, 0.25) is 0 Å². The van der Waals surface area contributed by atoms with Gasteiger partial charge in [0.1, 0.15) is 5.69 Å². The van der Waals surface area contributed by atoms with Gasteiger partial charge in [0, 0.05) is 36.4 Å². The monoisotopic (exact) mass is 241 g/mol. The first-order valence-electron chi connectivity index (χ1n) is 4.85. The largest absolute Gasteiger partial charge is 0.387 e. The van der Waals surface area contributed by atoms with Gasteiger partial charge in [0.25, 0.3) is 5.91 Å². The third-order valence-corrected chi connectivity index (χ3v) is 2.74. The number of rotatable bonds is 5. The Hall–Kier alpha value is -1.43. The summed E-state index contributed by atoms with van der Waals surface area (Å²) in [7, 11) is 0.896. The maximum absolute atomic E-state index is 11.5. The number of amides is 1. The number of carbonyl (C=O) groups excluding carboxylic acids is 1. The second kappa shape index (κ2) is 6.22. The van der Waals surface area contributed by atoms with Crippen LogP contribution in [0.5, 0.6) is 0 Å². The molecule has 1 heterocycles. The lowest BCUT2D eigenvalue weighted by atomic mass is 10.3. The predicted octanol–water partition coefficient (Wildman–Crippen LogP) is 0.232. The molecule has 0 saturated carbocycles. The average molecular weight is 241 g/mol. The van der Waals surface area contributed by atoms with Crippen molar-refractivity contribution >= 4 is 22.4 Å². The molecule has 1 aromatic heterocycles. The van der Waals surface area contributed by atoms with E-state index in [0.29, 0.717) is 18.0 Å². The number of nitrogens with zero attached hydrogens (tertiary/aromatic N) is 1. The van der Waals surface area contributed by atoms with Crippen molar-refractivity contribution in [3.8, 4) is 0 Å². The average Bonchev–Trinajstić information content (AvgIpc) is 2.28. The van der Waals surface area contributed by atoms with E-state index in [0.717, 1.165) is 5.69 Å². The summed E-state index contributed by atoms with van der Waals surface area (Å²) in [6.45, 7) is 0.400. The van der Waals surface area contributed by atoms with E-state index >= 15 is 0 Å². The molecule has 0 spiro atoms. The Kier molecular flexibility index (Phi) is 4.91. The minimum absolute atomic E-state index is 0.242. The maximum Gasteiger partial charge on any atom is 0.269 e. The third-order valence-electron chi connectivity index (χ3n) is 1.96. The third kappa shape index (κ3) is 3.98. The van der Waals surface area contributed by atoms with E-state index in [-0.39, 0.29) is 5.91 Å². The van der Waals surface area contributed by atoms with E-state index in [4.69, 9.17) is 0 Å². The van der Waals surface area contributed by atoms with Crippen molar-refractivity contribution in [3.63, 3.8) is 0 Å². The molecule has 0 radical (unpaired) electrons. The summed E-state index contributed by atoms with van der Waals surface area (Å²) in [5, 5.41) is 5.57. The SMILES string of the molecule is CNc1ccc(C(=O)NCCS(C)=O)nc1. The van der Waals surface area contributed by atoms with E-state index in [2.05, 4.69) is 15.6 Å². The molecule has 1 atom stereocenters. The molecule has 1 rings (SSSR count). The van der Waals surface area contributed by atoms with E-state index < -0.39 is 10.8 Å². The first-order chi connectivity index (χ1) is 7.63. The summed E-state index contributed by atoms with van der Waals surface area (Å²) >= 11 is 0. The van der Waals surface area contributed by atoms with Crippen LogP contribution in [0.1, 0.15) is 10.5 Å². The van der Waals surface area contributed by atoms with Crippen LogP contribution in [0, 0.1) is 0 Å². The lowest BCUT2D eigenvalue weighted by Gasteiger charge is -2.04. The Morgan fingerprint density at radius 3 is 2.75 bits per heavy atom. The molecular formula is C10H15N3O2S. The summed E-state index contributed by atoms with van der Waals surface area (Å²) in [6.07, 6.45) is 3.19. The van der Waals surface area contributed by atoms with Gasteiger partial charge in [-0.15, -0.1) is 0 Å². The van der Waals surface area contributed by atoms with Crippen LogP contribution in [0.2, 0.25) is 0 Å². The molecule has 2 N–H and O–H groups in total. The van der Waals surface area contributed by atoms with Crippen molar-refractivity contribution in [2.75, 3.05) is 30.9 Å². The highest BCUT2D eigenvalue weighted by Crippen LogP contribution is 2.04. The van der Waals surface area contributed by atoms with Crippen molar-refractivity contribution in [2.24, 2.45) is 0 Å². The van der Waals surface area contributed by atoms with Crippen molar-refractivity contribution in [1.82, 2.24) is 10.3 Å². The zero-order valence-corrected chi connectivity index (χ0v) is 10.1. The molecular weight excluding hydrogens is 226 g/mol. The van der Waals surface area contributed by atoms with E-state index in [1.807, 2.05) is 0 Å². The number of anilines is 1. The van der Waals surface area contributed by atoms with Gasteiger partial charge in [-0.3, -0.25) is 9.00 Å². The van der Waals surface area contributed by atoms with Crippen molar-refractivity contribution < 1.29 is 9.00 Å². The van der Waals surface area contributed by atoms with Gasteiger partial charge < -0.3 is 10.6 Å². The fourth-order valence-corrected chi connectivity index (χ4v) is 1.46. The van der Waals surface area contributed by atoms with E-state index in [1.54, 1.807) is 31.6 Å². The lowest BCUT2D eigenvalue weighted by molar-refractivity contribution is 0.0951. The van der Waals surface area contributed by atoms with Crippen LogP contribution in [0.3, 0.4) is 0 Å². The highest BCUT2D eigenvalue weighted by molar-refractivity contribution is 7.84. The predicted molar refractivity (Wildman–Crippen MR) is 65.1 cm³/mol. The maximum atomic E-state index is 11.5. The van der Waals surface area contributed by atoms with E-state index in [1.165, 1.54) is 0 Å². The Bertz CT molecular complexity index is 378. The second-order valence-electron chi connectivity index (χ2n) is 3.22. The minimum atomic E-state index is -0.889. The molecule has 0 aliphatic rings. The zero-order chi connectivity index (χ0) is 12.0. The van der Waals surface area contributed by atoms with Gasteiger partial charge in [0.05, 0.1) is 11.9 Å². The molecule has 0 aromatic carbocycles. The zero-order valence-electron chi connectivity index (χ0n) is 9.32. The highest BCUT2D eigenvalue weighted by atomic mass is 32.2. The molecule has 0 aliphatic heterocycles. The van der Waals surface area contributed by atoms with Gasteiger partial charge >= 0.3 is 0 Å². The smallest absolute Gasteiger partial charge is 0.269 e. The van der Waals surface area contributed by atoms with Crippen LogP contribution >= 0.6 is 0 Å². The van der Waals surface area contributed by atoms with Gasteiger partial charge in [-0.2, -0.15) is 0 Å². The van der Waals surface area contributed by atoms with Crippen LogP contribution in [0.4, 0.5) is 5.69 Å². The molecule has 0 aliphatic carbocycles. The van der Waals surface area contributed by atoms with Crippen LogP contribution in [0.25, 0.3) is 0 Å². The summed E-state index contributed by atoms with van der Waals surface area (Å²) < 4.78 is 10.8. The Labute approximate surface area is 97.1 Å². The molecule has 1 unspecified atom stereocenters. The van der Waals surface area contributed by atoms with Crippen LogP contribution < -0.4 is 10.6 Å². The normalized spacial score (nSPS) is 11.9. The molecule has 6 heteroatoms. The molecule has 88 valence electrons. The Balaban J connectivity index is 2.49. The molecule has 0 saturated heterocycles. The molecule has 16 heavy (non-hydrogen) atoms. The van der Waals surface area contributed by atoms with Crippen molar-refractivity contribution in [3.05, 3.63) is 24.0 Å². The van der Waals surface area contributed by atoms with Crippen LogP contribution in [0.15, 0.2) is 18.3 Å². The highest BCUT2D eigenvalue weighted by Gasteiger charge is 2.05. The summed E-state index contributed by atoms with van der Waals surface area (Å²) in [6, 6.07) is 3.42. The summed E-state index contributed by atoms with van der Waals surface area (Å²) in [5.74, 6) is 0.216. The molecule has 0 bridgehead atoms. The molecule has 5 nitrogen and oxygen atoms in total. The van der Waals surface area contributed by atoms with Gasteiger partial charge in [0.15, 0.2) is 0 Å². The number of nitrogens with one attached hydrogen (secondary N) is 2. The lowest BCUT2D eigenvalue weighted by Crippen LogP contribution is -2.28. The quantitative estimate of drug-likeness (QED) is 0.774. The Morgan fingerprint density at radius 1 is 1.50 bits per heavy atom. The standard InChI is InChI=1S/C10H15N3O2S/c1-11-8-3-4-9(13-7-8)10(14)12-5-6-16(2)15/h3-4,7,11H,5-6H2,1-2H3,(H,12,14). The van der Waals surface area contributed by atoms with Gasteiger partial charge in [-0.25, -0.2) is 4.98 Å². The Morgan fingerprint density at radius 2 is 2.25 bits per heavy atom. The topological polar surface area (TPSA) is 71.1 Å². The number of aromatic nitrogens is 1. The summed E-state index contributed by atoms with van der Waals surface area (Å²) in [5.41, 5.74) is 1.21. The van der Waals surface area contributed by atoms with Crippen molar-refractivity contribution in [1.29, 1.82) is 0 Å². The molecule has 1 aromatic rings. The van der Waals surface area contributed by atoms with Crippen molar-refractivity contribution in [2.45, 2.75) is 0 Å². The first kappa shape index (κ1) is 12.6. The summed E-state index contributed by atoms with van der Waals surface area (Å²) in [4.78, 5) is 15.5. The minimum Gasteiger partial charge on any atom is -0.387 e.